The smallest absolute Gasteiger partial charge is 0.297 e. The molecule has 0 bridgehead atoms. The summed E-state index contributed by atoms with van der Waals surface area (Å²) in [5, 5.41) is 4.48. The second kappa shape index (κ2) is 7.49. The van der Waals surface area contributed by atoms with Gasteiger partial charge < -0.3 is 9.32 Å². The average Bonchev–Trinajstić information content (AvgIpc) is 3.23. The zero-order valence-corrected chi connectivity index (χ0v) is 14.4. The predicted molar refractivity (Wildman–Crippen MR) is 96.9 cm³/mol. The molecule has 0 spiro atoms. The van der Waals surface area contributed by atoms with Crippen LogP contribution in [0.4, 0.5) is 6.01 Å². The van der Waals surface area contributed by atoms with Crippen molar-refractivity contribution in [3.63, 3.8) is 0 Å². The highest BCUT2D eigenvalue weighted by molar-refractivity contribution is 5.56. The van der Waals surface area contributed by atoms with Gasteiger partial charge in [-0.3, -0.25) is 14.7 Å². The minimum Gasteiger partial charge on any atom is -0.432 e. The molecular weight excluding hydrogens is 332 g/mol. The summed E-state index contributed by atoms with van der Waals surface area (Å²) in [6.45, 7) is 4.87. The van der Waals surface area contributed by atoms with Crippen molar-refractivity contribution in [3.05, 3.63) is 59.5 Å². The number of piperazine rings is 1. The van der Waals surface area contributed by atoms with E-state index >= 15 is 0 Å². The van der Waals surface area contributed by atoms with Crippen LogP contribution in [0.2, 0.25) is 0 Å². The van der Waals surface area contributed by atoms with Gasteiger partial charge >= 0.3 is 0 Å². The van der Waals surface area contributed by atoms with Crippen LogP contribution in [0.3, 0.4) is 0 Å². The standard InChI is InChI=1S/C18H20N6O2/c25-17-4-3-16(15-2-1-5-19-14-15)21-24(17)12-9-22-7-10-23(11-8-22)18-20-6-13-26-18/h1-6,13-14H,7-12H2. The third-order valence-electron chi connectivity index (χ3n) is 4.51. The van der Waals surface area contributed by atoms with Crippen molar-refractivity contribution in [1.82, 2.24) is 24.6 Å². The fourth-order valence-electron chi connectivity index (χ4n) is 3.05. The maximum atomic E-state index is 12.1. The van der Waals surface area contributed by atoms with Gasteiger partial charge in [-0.05, 0) is 18.2 Å². The van der Waals surface area contributed by atoms with E-state index in [9.17, 15) is 4.79 Å². The Hall–Kier alpha value is -3.00. The molecule has 0 saturated carbocycles. The molecule has 0 atom stereocenters. The van der Waals surface area contributed by atoms with Gasteiger partial charge in [-0.2, -0.15) is 5.10 Å². The summed E-state index contributed by atoms with van der Waals surface area (Å²) in [6, 6.07) is 7.78. The van der Waals surface area contributed by atoms with Crippen molar-refractivity contribution in [1.29, 1.82) is 0 Å². The van der Waals surface area contributed by atoms with Gasteiger partial charge in [0.05, 0.1) is 18.4 Å². The molecule has 1 saturated heterocycles. The third kappa shape index (κ3) is 3.65. The molecule has 26 heavy (non-hydrogen) atoms. The van der Waals surface area contributed by atoms with Crippen LogP contribution >= 0.6 is 0 Å². The minimum absolute atomic E-state index is 0.0870. The number of nitrogens with zero attached hydrogens (tertiary/aromatic N) is 6. The predicted octanol–water partition coefficient (Wildman–Crippen LogP) is 1.12. The Balaban J connectivity index is 1.37. The van der Waals surface area contributed by atoms with Gasteiger partial charge in [0.25, 0.3) is 11.6 Å². The van der Waals surface area contributed by atoms with Crippen LogP contribution in [0.1, 0.15) is 0 Å². The van der Waals surface area contributed by atoms with Gasteiger partial charge in [0.1, 0.15) is 6.26 Å². The van der Waals surface area contributed by atoms with Crippen LogP contribution in [0.25, 0.3) is 11.3 Å². The first kappa shape index (κ1) is 16.5. The normalized spacial score (nSPS) is 15.3. The number of rotatable bonds is 5. The Morgan fingerprint density at radius 2 is 1.92 bits per heavy atom. The fourth-order valence-corrected chi connectivity index (χ4v) is 3.05. The summed E-state index contributed by atoms with van der Waals surface area (Å²) < 4.78 is 6.87. The van der Waals surface area contributed by atoms with Gasteiger partial charge in [0, 0.05) is 56.7 Å². The maximum absolute atomic E-state index is 12.1. The van der Waals surface area contributed by atoms with Gasteiger partial charge in [0.2, 0.25) is 0 Å². The van der Waals surface area contributed by atoms with E-state index in [0.717, 1.165) is 44.0 Å². The van der Waals surface area contributed by atoms with Crippen molar-refractivity contribution >= 4 is 6.01 Å². The molecule has 0 aromatic carbocycles. The van der Waals surface area contributed by atoms with E-state index in [1.165, 1.54) is 4.68 Å². The molecule has 8 nitrogen and oxygen atoms in total. The third-order valence-corrected chi connectivity index (χ3v) is 4.51. The van der Waals surface area contributed by atoms with Crippen molar-refractivity contribution in [2.45, 2.75) is 6.54 Å². The first-order valence-electron chi connectivity index (χ1n) is 8.65. The van der Waals surface area contributed by atoms with Crippen LogP contribution in [-0.4, -0.2) is 57.4 Å². The van der Waals surface area contributed by atoms with Crippen LogP contribution in [0.15, 0.2) is 58.3 Å². The molecule has 1 fully saturated rings. The largest absolute Gasteiger partial charge is 0.432 e. The summed E-state index contributed by atoms with van der Waals surface area (Å²) in [7, 11) is 0. The van der Waals surface area contributed by atoms with Crippen LogP contribution in [-0.2, 0) is 6.54 Å². The molecule has 0 N–H and O–H groups in total. The van der Waals surface area contributed by atoms with E-state index in [0.29, 0.717) is 12.6 Å². The summed E-state index contributed by atoms with van der Waals surface area (Å²) >= 11 is 0. The lowest BCUT2D eigenvalue weighted by Crippen LogP contribution is -2.47. The Morgan fingerprint density at radius 3 is 2.65 bits per heavy atom. The molecule has 3 aromatic rings. The summed E-state index contributed by atoms with van der Waals surface area (Å²) in [5.41, 5.74) is 1.57. The van der Waals surface area contributed by atoms with Crippen LogP contribution < -0.4 is 10.5 Å². The Labute approximate surface area is 150 Å². The monoisotopic (exact) mass is 352 g/mol. The highest BCUT2D eigenvalue weighted by Crippen LogP contribution is 2.14. The molecule has 3 aromatic heterocycles. The quantitative estimate of drug-likeness (QED) is 0.680. The van der Waals surface area contributed by atoms with Crippen LogP contribution in [0.5, 0.6) is 0 Å². The lowest BCUT2D eigenvalue weighted by molar-refractivity contribution is 0.239. The van der Waals surface area contributed by atoms with Crippen molar-refractivity contribution in [2.24, 2.45) is 0 Å². The highest BCUT2D eigenvalue weighted by atomic mass is 16.4. The molecule has 0 amide bonds. The summed E-state index contributed by atoms with van der Waals surface area (Å²) in [4.78, 5) is 24.9. The molecule has 0 radical (unpaired) electrons. The molecular formula is C18H20N6O2. The van der Waals surface area contributed by atoms with Crippen molar-refractivity contribution < 1.29 is 4.42 Å². The van der Waals surface area contributed by atoms with Gasteiger partial charge in [-0.15, -0.1) is 0 Å². The minimum atomic E-state index is -0.0870. The Bertz CT molecular complexity index is 886. The second-order valence-corrected chi connectivity index (χ2v) is 6.17. The molecule has 1 aliphatic rings. The Morgan fingerprint density at radius 1 is 1.04 bits per heavy atom. The maximum Gasteiger partial charge on any atom is 0.297 e. The molecule has 4 rings (SSSR count). The number of anilines is 1. The van der Waals surface area contributed by atoms with E-state index in [4.69, 9.17) is 4.42 Å². The van der Waals surface area contributed by atoms with Gasteiger partial charge in [-0.1, -0.05) is 0 Å². The molecule has 0 unspecified atom stereocenters. The van der Waals surface area contributed by atoms with Crippen molar-refractivity contribution in [2.75, 3.05) is 37.6 Å². The van der Waals surface area contributed by atoms with E-state index in [2.05, 4.69) is 24.9 Å². The average molecular weight is 352 g/mol. The Kier molecular flexibility index (Phi) is 4.74. The fraction of sp³-hybridized carbons (Fsp3) is 0.333. The number of aromatic nitrogens is 4. The van der Waals surface area contributed by atoms with E-state index in [1.54, 1.807) is 37.0 Å². The molecule has 134 valence electrons. The zero-order valence-electron chi connectivity index (χ0n) is 14.4. The lowest BCUT2D eigenvalue weighted by Gasteiger charge is -2.33. The van der Waals surface area contributed by atoms with Crippen molar-refractivity contribution in [3.8, 4) is 11.3 Å². The highest BCUT2D eigenvalue weighted by Gasteiger charge is 2.19. The topological polar surface area (TPSA) is 80.3 Å². The first-order chi connectivity index (χ1) is 12.8. The lowest BCUT2D eigenvalue weighted by atomic mass is 10.2. The van der Waals surface area contributed by atoms with E-state index < -0.39 is 0 Å². The SMILES string of the molecule is O=c1ccc(-c2cccnc2)nn1CCN1CCN(c2ncco2)CC1. The number of oxazole rings is 1. The summed E-state index contributed by atoms with van der Waals surface area (Å²) in [6.07, 6.45) is 6.72. The number of hydrogen-bond acceptors (Lipinski definition) is 7. The molecule has 0 aliphatic carbocycles. The van der Waals surface area contributed by atoms with Crippen LogP contribution in [0, 0.1) is 0 Å². The zero-order chi connectivity index (χ0) is 17.8. The number of pyridine rings is 1. The van der Waals surface area contributed by atoms with Gasteiger partial charge in [0.15, 0.2) is 0 Å². The molecule has 4 heterocycles. The second-order valence-electron chi connectivity index (χ2n) is 6.17. The summed E-state index contributed by atoms with van der Waals surface area (Å²) in [5.74, 6) is 0. The van der Waals surface area contributed by atoms with Gasteiger partial charge in [-0.25, -0.2) is 9.67 Å². The molecule has 8 heteroatoms. The van der Waals surface area contributed by atoms with E-state index in [1.807, 2.05) is 12.1 Å². The number of hydrogen-bond donors (Lipinski definition) is 0. The molecule has 1 aliphatic heterocycles. The first-order valence-corrected chi connectivity index (χ1v) is 8.65. The van der Waals surface area contributed by atoms with E-state index in [-0.39, 0.29) is 5.56 Å².